The van der Waals surface area contributed by atoms with Crippen molar-refractivity contribution in [1.29, 1.82) is 0 Å². The molecule has 1 heterocycles. The standard InChI is InChI=1S/C17H18N2O4S/c20-14(19-17(16(21)22)7-4-8-17)11-24-10-13-9-23-15(18-13)12-5-2-1-3-6-12/h1-3,5-6,9H,4,7-8,10-11H2,(H,19,20)(H,21,22). The van der Waals surface area contributed by atoms with Gasteiger partial charge in [0.2, 0.25) is 11.8 Å². The third-order valence-corrected chi connectivity index (χ3v) is 5.02. The minimum atomic E-state index is -1.05. The minimum Gasteiger partial charge on any atom is -0.480 e. The van der Waals surface area contributed by atoms with Gasteiger partial charge in [0.15, 0.2) is 0 Å². The van der Waals surface area contributed by atoms with Crippen molar-refractivity contribution in [2.24, 2.45) is 0 Å². The molecule has 1 aromatic carbocycles. The second kappa shape index (κ2) is 7.09. The molecule has 1 aliphatic rings. The van der Waals surface area contributed by atoms with E-state index in [1.165, 1.54) is 11.8 Å². The maximum atomic E-state index is 11.9. The first-order chi connectivity index (χ1) is 11.6. The normalized spacial score (nSPS) is 15.5. The van der Waals surface area contributed by atoms with Gasteiger partial charge >= 0.3 is 5.97 Å². The zero-order chi connectivity index (χ0) is 17.0. The van der Waals surface area contributed by atoms with Gasteiger partial charge in [-0.05, 0) is 31.4 Å². The number of aromatic nitrogens is 1. The van der Waals surface area contributed by atoms with Crippen LogP contribution in [-0.4, -0.2) is 33.3 Å². The first-order valence-electron chi connectivity index (χ1n) is 7.71. The van der Waals surface area contributed by atoms with E-state index in [1.807, 2.05) is 30.3 Å². The van der Waals surface area contributed by atoms with E-state index in [0.717, 1.165) is 17.7 Å². The van der Waals surface area contributed by atoms with Gasteiger partial charge in [0, 0.05) is 11.3 Å². The number of oxazole rings is 1. The molecule has 1 aliphatic carbocycles. The summed E-state index contributed by atoms with van der Waals surface area (Å²) in [5, 5.41) is 11.8. The fourth-order valence-corrected chi connectivity index (χ4v) is 3.26. The molecule has 1 amide bonds. The average molecular weight is 346 g/mol. The molecule has 6 nitrogen and oxygen atoms in total. The molecule has 2 aromatic rings. The fourth-order valence-electron chi connectivity index (χ4n) is 2.56. The molecule has 0 atom stereocenters. The first kappa shape index (κ1) is 16.6. The molecule has 126 valence electrons. The fraction of sp³-hybridized carbons (Fsp3) is 0.353. The molecule has 1 fully saturated rings. The number of amides is 1. The molecule has 1 saturated carbocycles. The zero-order valence-corrected chi connectivity index (χ0v) is 13.8. The van der Waals surface area contributed by atoms with Crippen LogP contribution in [0.3, 0.4) is 0 Å². The first-order valence-corrected chi connectivity index (χ1v) is 8.86. The molecular weight excluding hydrogens is 328 g/mol. The maximum absolute atomic E-state index is 11.9. The van der Waals surface area contributed by atoms with Gasteiger partial charge in [0.05, 0.1) is 11.4 Å². The molecule has 0 aliphatic heterocycles. The Bertz CT molecular complexity index is 725. The number of nitrogens with one attached hydrogen (secondary N) is 1. The van der Waals surface area contributed by atoms with Crippen molar-refractivity contribution in [2.75, 3.05) is 5.75 Å². The number of carboxylic acid groups (broad SMARTS) is 1. The summed E-state index contributed by atoms with van der Waals surface area (Å²) >= 11 is 1.38. The molecule has 2 N–H and O–H groups in total. The van der Waals surface area contributed by atoms with Crippen LogP contribution in [0.5, 0.6) is 0 Å². The van der Waals surface area contributed by atoms with Crippen LogP contribution >= 0.6 is 11.8 Å². The third-order valence-electron chi connectivity index (χ3n) is 4.05. The monoisotopic (exact) mass is 346 g/mol. The van der Waals surface area contributed by atoms with E-state index in [4.69, 9.17) is 4.42 Å². The predicted molar refractivity (Wildman–Crippen MR) is 90.5 cm³/mol. The van der Waals surface area contributed by atoms with Gasteiger partial charge in [0.25, 0.3) is 0 Å². The Balaban J connectivity index is 1.48. The van der Waals surface area contributed by atoms with E-state index in [0.29, 0.717) is 24.5 Å². The van der Waals surface area contributed by atoms with Gasteiger partial charge in [-0.15, -0.1) is 11.8 Å². The average Bonchev–Trinajstić information content (AvgIpc) is 3.00. The van der Waals surface area contributed by atoms with Crippen LogP contribution in [0.4, 0.5) is 0 Å². The second-order valence-electron chi connectivity index (χ2n) is 5.79. The third kappa shape index (κ3) is 3.62. The van der Waals surface area contributed by atoms with Gasteiger partial charge in [0.1, 0.15) is 11.8 Å². The van der Waals surface area contributed by atoms with Crippen molar-refractivity contribution in [3.05, 3.63) is 42.3 Å². The van der Waals surface area contributed by atoms with Crippen LogP contribution in [-0.2, 0) is 15.3 Å². The molecule has 3 rings (SSSR count). The van der Waals surface area contributed by atoms with E-state index in [9.17, 15) is 14.7 Å². The largest absolute Gasteiger partial charge is 0.480 e. The topological polar surface area (TPSA) is 92.4 Å². The van der Waals surface area contributed by atoms with Crippen LogP contribution in [0.25, 0.3) is 11.5 Å². The highest BCUT2D eigenvalue weighted by Crippen LogP contribution is 2.32. The van der Waals surface area contributed by atoms with Gasteiger partial charge < -0.3 is 14.8 Å². The quantitative estimate of drug-likeness (QED) is 0.801. The molecule has 0 bridgehead atoms. The lowest BCUT2D eigenvalue weighted by molar-refractivity contribution is -0.151. The van der Waals surface area contributed by atoms with Crippen LogP contribution < -0.4 is 5.32 Å². The zero-order valence-electron chi connectivity index (χ0n) is 13.0. The highest BCUT2D eigenvalue weighted by molar-refractivity contribution is 7.99. The molecule has 0 saturated heterocycles. The second-order valence-corrected chi connectivity index (χ2v) is 6.78. The summed E-state index contributed by atoms with van der Waals surface area (Å²) in [6.45, 7) is 0. The Labute approximate surface area is 143 Å². The maximum Gasteiger partial charge on any atom is 0.329 e. The highest BCUT2D eigenvalue weighted by atomic mass is 32.2. The van der Waals surface area contributed by atoms with Gasteiger partial charge in [-0.25, -0.2) is 9.78 Å². The van der Waals surface area contributed by atoms with Crippen molar-refractivity contribution < 1.29 is 19.1 Å². The Morgan fingerprint density at radius 2 is 2.04 bits per heavy atom. The van der Waals surface area contributed by atoms with Crippen LogP contribution in [0.2, 0.25) is 0 Å². The summed E-state index contributed by atoms with van der Waals surface area (Å²) in [6, 6.07) is 9.59. The Morgan fingerprint density at radius 3 is 2.67 bits per heavy atom. The van der Waals surface area contributed by atoms with Crippen molar-refractivity contribution in [3.8, 4) is 11.5 Å². The number of carbonyl (C=O) groups is 2. The highest BCUT2D eigenvalue weighted by Gasteiger charge is 2.45. The number of hydrogen-bond acceptors (Lipinski definition) is 5. The van der Waals surface area contributed by atoms with Crippen molar-refractivity contribution in [2.45, 2.75) is 30.6 Å². The number of nitrogens with zero attached hydrogens (tertiary/aromatic N) is 1. The Kier molecular flexibility index (Phi) is 4.89. The Hall–Kier alpha value is -2.28. The SMILES string of the molecule is O=C(CSCc1coc(-c2ccccc2)n1)NC1(C(=O)O)CCC1. The lowest BCUT2D eigenvalue weighted by Gasteiger charge is -2.38. The van der Waals surface area contributed by atoms with Gasteiger partial charge in [-0.1, -0.05) is 18.2 Å². The molecule has 24 heavy (non-hydrogen) atoms. The summed E-state index contributed by atoms with van der Waals surface area (Å²) in [4.78, 5) is 27.6. The molecule has 0 unspecified atom stereocenters. The predicted octanol–water partition coefficient (Wildman–Crippen LogP) is 2.70. The van der Waals surface area contributed by atoms with Crippen molar-refractivity contribution in [3.63, 3.8) is 0 Å². The number of benzene rings is 1. The van der Waals surface area contributed by atoms with Crippen LogP contribution in [0.15, 0.2) is 41.0 Å². The van der Waals surface area contributed by atoms with Crippen LogP contribution in [0.1, 0.15) is 25.0 Å². The van der Waals surface area contributed by atoms with E-state index < -0.39 is 11.5 Å². The van der Waals surface area contributed by atoms with Crippen molar-refractivity contribution >= 4 is 23.6 Å². The lowest BCUT2D eigenvalue weighted by atomic mass is 9.77. The van der Waals surface area contributed by atoms with Crippen molar-refractivity contribution in [1.82, 2.24) is 10.3 Å². The van der Waals surface area contributed by atoms with E-state index in [-0.39, 0.29) is 11.7 Å². The summed E-state index contributed by atoms with van der Waals surface area (Å²) in [7, 11) is 0. The number of rotatable bonds is 7. The summed E-state index contributed by atoms with van der Waals surface area (Å²) < 4.78 is 5.44. The van der Waals surface area contributed by atoms with E-state index in [1.54, 1.807) is 6.26 Å². The summed E-state index contributed by atoms with van der Waals surface area (Å²) in [6.07, 6.45) is 3.42. The smallest absolute Gasteiger partial charge is 0.329 e. The van der Waals surface area contributed by atoms with Gasteiger partial charge in [-0.2, -0.15) is 0 Å². The number of carboxylic acids is 1. The molecule has 0 spiro atoms. The number of thioether (sulfide) groups is 1. The number of hydrogen-bond donors (Lipinski definition) is 2. The summed E-state index contributed by atoms with van der Waals surface area (Å²) in [5.74, 6) is 0.0757. The number of carbonyl (C=O) groups excluding carboxylic acids is 1. The number of aliphatic carboxylic acids is 1. The Morgan fingerprint density at radius 1 is 1.29 bits per heavy atom. The molecule has 7 heteroatoms. The van der Waals surface area contributed by atoms with Crippen LogP contribution in [0, 0.1) is 0 Å². The van der Waals surface area contributed by atoms with E-state index in [2.05, 4.69) is 10.3 Å². The minimum absolute atomic E-state index is 0.197. The van der Waals surface area contributed by atoms with E-state index >= 15 is 0 Å². The lowest BCUT2D eigenvalue weighted by Crippen LogP contribution is -2.59. The molecule has 0 radical (unpaired) electrons. The van der Waals surface area contributed by atoms with Gasteiger partial charge in [-0.3, -0.25) is 4.79 Å². The summed E-state index contributed by atoms with van der Waals surface area (Å²) in [5.41, 5.74) is 0.606. The molecular formula is C17H18N2O4S. The molecule has 1 aromatic heterocycles.